The molecule has 5 rings (SSSR count). The molecule has 0 saturated carbocycles. The maximum Gasteiger partial charge on any atom is 0.258 e. The second-order valence-corrected chi connectivity index (χ2v) is 9.40. The fourth-order valence-electron chi connectivity index (χ4n) is 3.71. The molecular weight excluding hydrogens is 486 g/mol. The summed E-state index contributed by atoms with van der Waals surface area (Å²) in [5.41, 5.74) is 4.29. The van der Waals surface area contributed by atoms with Crippen molar-refractivity contribution in [3.8, 4) is 5.75 Å². The van der Waals surface area contributed by atoms with Gasteiger partial charge in [0.25, 0.3) is 5.91 Å². The van der Waals surface area contributed by atoms with Crippen molar-refractivity contribution in [2.45, 2.75) is 19.1 Å². The average Bonchev–Trinajstić information content (AvgIpc) is 3.46. The van der Waals surface area contributed by atoms with E-state index >= 15 is 0 Å². The van der Waals surface area contributed by atoms with Gasteiger partial charge in [-0.05, 0) is 41.0 Å². The van der Waals surface area contributed by atoms with Crippen LogP contribution in [0.15, 0.2) is 93.4 Å². The van der Waals surface area contributed by atoms with E-state index in [1.165, 1.54) is 11.8 Å². The molecule has 7 heteroatoms. The van der Waals surface area contributed by atoms with Crippen LogP contribution in [0.5, 0.6) is 5.75 Å². The molecule has 2 aliphatic heterocycles. The van der Waals surface area contributed by atoms with Crippen LogP contribution >= 0.6 is 27.7 Å². The van der Waals surface area contributed by atoms with Gasteiger partial charge in [0.15, 0.2) is 5.17 Å². The molecule has 0 fully saturated rings. The second-order valence-electron chi connectivity index (χ2n) is 7.54. The van der Waals surface area contributed by atoms with Crippen molar-refractivity contribution in [1.29, 1.82) is 0 Å². The first kappa shape index (κ1) is 21.0. The van der Waals surface area contributed by atoms with Gasteiger partial charge in [-0.1, -0.05) is 82.3 Å². The van der Waals surface area contributed by atoms with Gasteiger partial charge in [0, 0.05) is 10.9 Å². The molecule has 3 aromatic rings. The second kappa shape index (κ2) is 9.30. The number of hydrazone groups is 1. The summed E-state index contributed by atoms with van der Waals surface area (Å²) in [6.07, 6.45) is 0.736. The highest BCUT2D eigenvalue weighted by molar-refractivity contribution is 9.10. The van der Waals surface area contributed by atoms with Crippen LogP contribution in [-0.2, 0) is 11.4 Å². The number of carbonyl (C=O) groups is 1. The molecule has 0 aliphatic carbocycles. The first-order valence-corrected chi connectivity index (χ1v) is 12.1. The lowest BCUT2D eigenvalue weighted by molar-refractivity contribution is -0.115. The highest BCUT2D eigenvalue weighted by atomic mass is 79.9. The Balaban J connectivity index is 1.36. The van der Waals surface area contributed by atoms with E-state index in [0.29, 0.717) is 17.5 Å². The SMILES string of the molecule is O=C1CSC(N2N=C(c3ccc(Br)cc3)CC2c2ccc(OCc3ccccc3)cc2)=N1. The zero-order valence-electron chi connectivity index (χ0n) is 17.1. The predicted molar refractivity (Wildman–Crippen MR) is 132 cm³/mol. The molecule has 2 heterocycles. The normalized spacial score (nSPS) is 18.0. The van der Waals surface area contributed by atoms with Gasteiger partial charge in [-0.3, -0.25) is 4.79 Å². The minimum atomic E-state index is -0.110. The van der Waals surface area contributed by atoms with Crippen LogP contribution in [0.25, 0.3) is 0 Å². The Labute approximate surface area is 199 Å². The molecule has 3 aromatic carbocycles. The number of hydrogen-bond acceptors (Lipinski definition) is 5. The van der Waals surface area contributed by atoms with E-state index in [1.807, 2.05) is 59.6 Å². The van der Waals surface area contributed by atoms with Crippen molar-refractivity contribution in [2.24, 2.45) is 10.1 Å². The molecular formula is C25H20BrN3O2S. The van der Waals surface area contributed by atoms with Crippen molar-refractivity contribution >= 4 is 44.5 Å². The maximum absolute atomic E-state index is 11.8. The van der Waals surface area contributed by atoms with Gasteiger partial charge >= 0.3 is 0 Å². The smallest absolute Gasteiger partial charge is 0.258 e. The summed E-state index contributed by atoms with van der Waals surface area (Å²) in [4.78, 5) is 16.0. The number of thioether (sulfide) groups is 1. The molecule has 0 saturated heterocycles. The van der Waals surface area contributed by atoms with E-state index in [1.54, 1.807) is 0 Å². The van der Waals surface area contributed by atoms with Crippen LogP contribution in [-0.4, -0.2) is 27.5 Å². The highest BCUT2D eigenvalue weighted by Gasteiger charge is 2.34. The lowest BCUT2D eigenvalue weighted by atomic mass is 9.98. The van der Waals surface area contributed by atoms with Gasteiger partial charge in [0.2, 0.25) is 0 Å². The third-order valence-electron chi connectivity index (χ3n) is 5.34. The minimum absolute atomic E-state index is 0.0195. The number of amides is 1. The summed E-state index contributed by atoms with van der Waals surface area (Å²) in [6, 6.07) is 26.3. The Hall–Kier alpha value is -2.90. The molecule has 32 heavy (non-hydrogen) atoms. The Morgan fingerprint density at radius 2 is 1.75 bits per heavy atom. The number of rotatable bonds is 5. The number of amidine groups is 1. The van der Waals surface area contributed by atoms with E-state index in [2.05, 4.69) is 45.2 Å². The Morgan fingerprint density at radius 1 is 1.00 bits per heavy atom. The van der Waals surface area contributed by atoms with Crippen LogP contribution in [0.4, 0.5) is 0 Å². The largest absolute Gasteiger partial charge is 0.489 e. The lowest BCUT2D eigenvalue weighted by Crippen LogP contribution is -2.23. The van der Waals surface area contributed by atoms with Crippen molar-refractivity contribution in [3.63, 3.8) is 0 Å². The topological polar surface area (TPSA) is 54.3 Å². The van der Waals surface area contributed by atoms with E-state index in [4.69, 9.17) is 9.84 Å². The quantitative estimate of drug-likeness (QED) is 0.439. The monoisotopic (exact) mass is 505 g/mol. The molecule has 0 aromatic heterocycles. The summed E-state index contributed by atoms with van der Waals surface area (Å²) < 4.78 is 6.96. The zero-order chi connectivity index (χ0) is 21.9. The predicted octanol–water partition coefficient (Wildman–Crippen LogP) is 5.81. The summed E-state index contributed by atoms with van der Waals surface area (Å²) >= 11 is 4.93. The number of benzene rings is 3. The van der Waals surface area contributed by atoms with E-state index in [-0.39, 0.29) is 11.9 Å². The third kappa shape index (κ3) is 4.64. The highest BCUT2D eigenvalue weighted by Crippen LogP contribution is 2.37. The van der Waals surface area contributed by atoms with Gasteiger partial charge in [-0.25, -0.2) is 5.01 Å². The lowest BCUT2D eigenvalue weighted by Gasteiger charge is -2.22. The Morgan fingerprint density at radius 3 is 2.44 bits per heavy atom. The first-order valence-electron chi connectivity index (χ1n) is 10.3. The number of aliphatic imine (C=N–C) groups is 1. The molecule has 0 bridgehead atoms. The summed E-state index contributed by atoms with van der Waals surface area (Å²) in [7, 11) is 0. The Kier molecular flexibility index (Phi) is 6.10. The molecule has 5 nitrogen and oxygen atoms in total. The van der Waals surface area contributed by atoms with Crippen LogP contribution in [0, 0.1) is 0 Å². The molecule has 0 N–H and O–H groups in total. The maximum atomic E-state index is 11.8. The van der Waals surface area contributed by atoms with Gasteiger partial charge in [0.1, 0.15) is 12.4 Å². The molecule has 2 aliphatic rings. The van der Waals surface area contributed by atoms with Gasteiger partial charge in [-0.2, -0.15) is 10.1 Å². The van der Waals surface area contributed by atoms with E-state index < -0.39 is 0 Å². The minimum Gasteiger partial charge on any atom is -0.489 e. The standard InChI is InChI=1S/C25H20BrN3O2S/c26-20-10-6-18(7-11-20)22-14-23(29(28-22)25-27-24(30)16-32-25)19-8-12-21(13-9-19)31-15-17-4-2-1-3-5-17/h1-13,23H,14-16H2. The third-order valence-corrected chi connectivity index (χ3v) is 6.80. The van der Waals surface area contributed by atoms with Crippen molar-refractivity contribution < 1.29 is 9.53 Å². The van der Waals surface area contributed by atoms with Crippen LogP contribution in [0.2, 0.25) is 0 Å². The Bertz CT molecular complexity index is 1180. The molecule has 160 valence electrons. The number of halogens is 1. The van der Waals surface area contributed by atoms with E-state index in [0.717, 1.165) is 39.0 Å². The molecule has 0 radical (unpaired) electrons. The van der Waals surface area contributed by atoms with Crippen LogP contribution in [0.3, 0.4) is 0 Å². The summed E-state index contributed by atoms with van der Waals surface area (Å²) in [6.45, 7) is 0.530. The van der Waals surface area contributed by atoms with Crippen LogP contribution in [0.1, 0.15) is 29.2 Å². The molecule has 1 amide bonds. The number of hydrogen-bond donors (Lipinski definition) is 0. The zero-order valence-corrected chi connectivity index (χ0v) is 19.6. The van der Waals surface area contributed by atoms with Crippen LogP contribution < -0.4 is 4.74 Å². The summed E-state index contributed by atoms with van der Waals surface area (Å²) in [5, 5.41) is 7.42. The van der Waals surface area contributed by atoms with Crippen molar-refractivity contribution in [2.75, 3.05) is 5.75 Å². The number of nitrogens with zero attached hydrogens (tertiary/aromatic N) is 3. The summed E-state index contributed by atoms with van der Waals surface area (Å²) in [5.74, 6) is 1.08. The fourth-order valence-corrected chi connectivity index (χ4v) is 4.75. The van der Waals surface area contributed by atoms with Crippen molar-refractivity contribution in [1.82, 2.24) is 5.01 Å². The molecule has 1 atom stereocenters. The van der Waals surface area contributed by atoms with Gasteiger partial charge in [0.05, 0.1) is 17.5 Å². The van der Waals surface area contributed by atoms with Crippen molar-refractivity contribution in [3.05, 3.63) is 100 Å². The number of carbonyl (C=O) groups excluding carboxylic acids is 1. The first-order chi connectivity index (χ1) is 15.7. The molecule has 0 spiro atoms. The molecule has 1 unspecified atom stereocenters. The average molecular weight is 506 g/mol. The van der Waals surface area contributed by atoms with Gasteiger partial charge in [-0.15, -0.1) is 0 Å². The van der Waals surface area contributed by atoms with E-state index in [9.17, 15) is 4.79 Å². The van der Waals surface area contributed by atoms with Gasteiger partial charge < -0.3 is 4.74 Å². The number of ether oxygens (including phenoxy) is 1. The fraction of sp³-hybridized carbons (Fsp3) is 0.160.